The number of aryl methyl sites for hydroxylation is 1. The summed E-state index contributed by atoms with van der Waals surface area (Å²) >= 11 is 0. The van der Waals surface area contributed by atoms with Crippen LogP contribution in [-0.4, -0.2) is 10.9 Å². The summed E-state index contributed by atoms with van der Waals surface area (Å²) in [6, 6.07) is 3.87. The number of phenols is 1. The molecule has 0 amide bonds. The summed E-state index contributed by atoms with van der Waals surface area (Å²) in [5.74, 6) is 0.639. The number of phenolic OH excluding ortho intramolecular Hbond substituents is 1. The minimum absolute atomic E-state index is 0.0530. The van der Waals surface area contributed by atoms with Gasteiger partial charge in [-0.3, -0.25) is 4.79 Å². The molecule has 1 aromatic carbocycles. The number of hydrogen-bond donors (Lipinski definition) is 1. The number of hydrogen-bond acceptors (Lipinski definition) is 2. The second kappa shape index (κ2) is 5.13. The monoisotopic (exact) mass is 248 g/mol. The van der Waals surface area contributed by atoms with Gasteiger partial charge < -0.3 is 5.11 Å². The van der Waals surface area contributed by atoms with Crippen LogP contribution in [0.5, 0.6) is 5.75 Å². The first-order chi connectivity index (χ1) is 8.12. The van der Waals surface area contributed by atoms with Gasteiger partial charge >= 0.3 is 0 Å². The van der Waals surface area contributed by atoms with Crippen LogP contribution in [0.2, 0.25) is 0 Å². The Hall–Kier alpha value is -1.31. The normalized spacial score (nSPS) is 11.9. The molecule has 0 fully saturated rings. The first-order valence-corrected chi connectivity index (χ1v) is 6.48. The van der Waals surface area contributed by atoms with Crippen LogP contribution in [0.15, 0.2) is 12.1 Å². The molecule has 0 radical (unpaired) electrons. The summed E-state index contributed by atoms with van der Waals surface area (Å²) in [6.45, 7) is 11.9. The highest BCUT2D eigenvalue weighted by Crippen LogP contribution is 2.34. The summed E-state index contributed by atoms with van der Waals surface area (Å²) in [4.78, 5) is 11.8. The van der Waals surface area contributed by atoms with Gasteiger partial charge in [0, 0.05) is 12.3 Å². The van der Waals surface area contributed by atoms with Crippen LogP contribution in [-0.2, 0) is 16.6 Å². The van der Waals surface area contributed by atoms with Gasteiger partial charge in [0.2, 0.25) is 0 Å². The number of ketones is 1. The van der Waals surface area contributed by atoms with E-state index >= 15 is 0 Å². The van der Waals surface area contributed by atoms with Gasteiger partial charge in [-0.05, 0) is 29.0 Å². The molecule has 2 nitrogen and oxygen atoms in total. The van der Waals surface area contributed by atoms with Crippen molar-refractivity contribution in [2.75, 3.05) is 0 Å². The lowest BCUT2D eigenvalue weighted by atomic mass is 9.83. The van der Waals surface area contributed by atoms with Crippen molar-refractivity contribution in [2.45, 2.75) is 53.4 Å². The summed E-state index contributed by atoms with van der Waals surface area (Å²) < 4.78 is 0. The van der Waals surface area contributed by atoms with Crippen LogP contribution in [0, 0.1) is 12.8 Å². The van der Waals surface area contributed by atoms with E-state index in [2.05, 4.69) is 20.8 Å². The number of aromatic hydroxyl groups is 1. The van der Waals surface area contributed by atoms with Crippen molar-refractivity contribution >= 4 is 5.78 Å². The van der Waals surface area contributed by atoms with Crippen molar-refractivity contribution in [3.05, 3.63) is 28.8 Å². The third-order valence-electron chi connectivity index (χ3n) is 3.19. The molecule has 1 aromatic rings. The SMILES string of the molecule is Cc1cc(CC(=O)C(C)C)cc(C(C)(C)C)c1O. The molecule has 0 saturated carbocycles. The fraction of sp³-hybridized carbons (Fsp3) is 0.562. The zero-order chi connectivity index (χ0) is 14.1. The summed E-state index contributed by atoms with van der Waals surface area (Å²) in [7, 11) is 0. The maximum Gasteiger partial charge on any atom is 0.139 e. The van der Waals surface area contributed by atoms with Crippen molar-refractivity contribution in [3.63, 3.8) is 0 Å². The predicted molar refractivity (Wildman–Crippen MR) is 75.1 cm³/mol. The molecule has 0 spiro atoms. The molecule has 0 bridgehead atoms. The lowest BCUT2D eigenvalue weighted by molar-refractivity contribution is -0.121. The Morgan fingerprint density at radius 1 is 1.28 bits per heavy atom. The molecule has 0 unspecified atom stereocenters. The third kappa shape index (κ3) is 3.34. The van der Waals surface area contributed by atoms with E-state index in [1.165, 1.54) is 0 Å². The first-order valence-electron chi connectivity index (χ1n) is 6.48. The zero-order valence-corrected chi connectivity index (χ0v) is 12.3. The molecule has 100 valence electrons. The second-order valence-electron chi connectivity index (χ2n) is 6.36. The molecule has 0 aromatic heterocycles. The van der Waals surface area contributed by atoms with Gasteiger partial charge in [0.25, 0.3) is 0 Å². The van der Waals surface area contributed by atoms with E-state index in [0.717, 1.165) is 16.7 Å². The Morgan fingerprint density at radius 3 is 2.28 bits per heavy atom. The van der Waals surface area contributed by atoms with Gasteiger partial charge in [-0.25, -0.2) is 0 Å². The smallest absolute Gasteiger partial charge is 0.139 e. The highest BCUT2D eigenvalue weighted by Gasteiger charge is 2.21. The maximum atomic E-state index is 11.8. The molecular formula is C16H24O2. The topological polar surface area (TPSA) is 37.3 Å². The van der Waals surface area contributed by atoms with Gasteiger partial charge in [0.05, 0.1) is 0 Å². The van der Waals surface area contributed by atoms with Crippen LogP contribution in [0.4, 0.5) is 0 Å². The molecule has 0 aliphatic heterocycles. The quantitative estimate of drug-likeness (QED) is 0.884. The van der Waals surface area contributed by atoms with Gasteiger partial charge in [0.15, 0.2) is 0 Å². The van der Waals surface area contributed by atoms with Crippen LogP contribution >= 0.6 is 0 Å². The van der Waals surface area contributed by atoms with Crippen molar-refractivity contribution < 1.29 is 9.90 Å². The average molecular weight is 248 g/mol. The minimum atomic E-state index is -0.119. The second-order valence-corrected chi connectivity index (χ2v) is 6.36. The van der Waals surface area contributed by atoms with E-state index in [1.807, 2.05) is 32.9 Å². The molecule has 0 heterocycles. The van der Waals surface area contributed by atoms with Gasteiger partial charge in [-0.15, -0.1) is 0 Å². The van der Waals surface area contributed by atoms with Crippen LogP contribution < -0.4 is 0 Å². The Morgan fingerprint density at radius 2 is 1.83 bits per heavy atom. The largest absolute Gasteiger partial charge is 0.507 e. The van der Waals surface area contributed by atoms with Crippen molar-refractivity contribution in [2.24, 2.45) is 5.92 Å². The van der Waals surface area contributed by atoms with Crippen molar-refractivity contribution in [1.29, 1.82) is 0 Å². The van der Waals surface area contributed by atoms with Crippen molar-refractivity contribution in [1.82, 2.24) is 0 Å². The number of Topliss-reactive ketones (excluding diaryl/α,β-unsaturated/α-hetero) is 1. The summed E-state index contributed by atoms with van der Waals surface area (Å²) in [5.41, 5.74) is 2.63. The van der Waals surface area contributed by atoms with E-state index < -0.39 is 0 Å². The molecule has 18 heavy (non-hydrogen) atoms. The number of carbonyl (C=O) groups is 1. The van der Waals surface area contributed by atoms with Gasteiger partial charge in [0.1, 0.15) is 11.5 Å². The number of carbonyl (C=O) groups excluding carboxylic acids is 1. The fourth-order valence-corrected chi connectivity index (χ4v) is 1.93. The molecule has 0 saturated heterocycles. The van der Waals surface area contributed by atoms with Gasteiger partial charge in [-0.2, -0.15) is 0 Å². The van der Waals surface area contributed by atoms with Crippen molar-refractivity contribution in [3.8, 4) is 5.75 Å². The standard InChI is InChI=1S/C16H24O2/c1-10(2)14(17)9-12-7-11(3)15(18)13(8-12)16(4,5)6/h7-8,10,18H,9H2,1-6H3. The Kier molecular flexibility index (Phi) is 4.20. The molecule has 0 aliphatic rings. The highest BCUT2D eigenvalue weighted by molar-refractivity contribution is 5.82. The lowest BCUT2D eigenvalue weighted by Gasteiger charge is -2.22. The number of benzene rings is 1. The van der Waals surface area contributed by atoms with Crippen LogP contribution in [0.3, 0.4) is 0 Å². The Bertz CT molecular complexity index is 451. The Balaban J connectivity index is 3.17. The minimum Gasteiger partial charge on any atom is -0.507 e. The van der Waals surface area contributed by atoms with E-state index in [4.69, 9.17) is 0 Å². The molecule has 0 atom stereocenters. The zero-order valence-electron chi connectivity index (χ0n) is 12.3. The maximum absolute atomic E-state index is 11.8. The molecule has 0 aliphatic carbocycles. The molecule has 1 rings (SSSR count). The average Bonchev–Trinajstić information content (AvgIpc) is 2.21. The highest BCUT2D eigenvalue weighted by atomic mass is 16.3. The summed E-state index contributed by atoms with van der Waals surface area (Å²) in [5, 5.41) is 10.1. The predicted octanol–water partition coefficient (Wildman–Crippen LogP) is 3.77. The lowest BCUT2D eigenvalue weighted by Crippen LogP contribution is -2.14. The number of rotatable bonds is 3. The van der Waals surface area contributed by atoms with Gasteiger partial charge in [-0.1, -0.05) is 46.8 Å². The summed E-state index contributed by atoms with van der Waals surface area (Å²) in [6.07, 6.45) is 0.446. The van der Waals surface area contributed by atoms with E-state index in [-0.39, 0.29) is 17.1 Å². The molecule has 1 N–H and O–H groups in total. The van der Waals surface area contributed by atoms with E-state index in [9.17, 15) is 9.90 Å². The van der Waals surface area contributed by atoms with E-state index in [1.54, 1.807) is 0 Å². The molecular weight excluding hydrogens is 224 g/mol. The Labute approximate surface area is 110 Å². The van der Waals surface area contributed by atoms with E-state index in [0.29, 0.717) is 12.2 Å². The van der Waals surface area contributed by atoms with Crippen LogP contribution in [0.25, 0.3) is 0 Å². The third-order valence-corrected chi connectivity index (χ3v) is 3.19. The molecule has 2 heteroatoms. The van der Waals surface area contributed by atoms with Crippen LogP contribution in [0.1, 0.15) is 51.3 Å². The fourth-order valence-electron chi connectivity index (χ4n) is 1.93. The first kappa shape index (κ1) is 14.7.